The molecule has 1 unspecified atom stereocenters. The predicted molar refractivity (Wildman–Crippen MR) is 105 cm³/mol. The number of hydrogen-bond acceptors (Lipinski definition) is 4. The summed E-state index contributed by atoms with van der Waals surface area (Å²) in [6.45, 7) is 2.51. The summed E-state index contributed by atoms with van der Waals surface area (Å²) in [5.74, 6) is 1.12. The van der Waals surface area contributed by atoms with Gasteiger partial charge in [0.05, 0.1) is 12.6 Å². The summed E-state index contributed by atoms with van der Waals surface area (Å²) in [5.41, 5.74) is 0.810. The number of ether oxygens (including phenoxy) is 1. The Morgan fingerprint density at radius 1 is 1.26 bits per heavy atom. The minimum atomic E-state index is -0.223. The normalized spacial score (nSPS) is 19.7. The Labute approximate surface area is 164 Å². The van der Waals surface area contributed by atoms with E-state index in [2.05, 4.69) is 22.5 Å². The van der Waals surface area contributed by atoms with Gasteiger partial charge in [0.1, 0.15) is 5.75 Å². The first-order valence-electron chi connectivity index (χ1n) is 9.29. The molecule has 0 aliphatic heterocycles. The molecule has 27 heavy (non-hydrogen) atoms. The zero-order chi connectivity index (χ0) is 19.4. The number of carbonyl (C=O) groups excluding carboxylic acids is 2. The van der Waals surface area contributed by atoms with Crippen LogP contribution in [0.3, 0.4) is 0 Å². The average Bonchev–Trinajstić information content (AvgIpc) is 3.43. The molecule has 146 valence electrons. The van der Waals surface area contributed by atoms with E-state index < -0.39 is 0 Å². The third-order valence-electron chi connectivity index (χ3n) is 5.06. The quantitative estimate of drug-likeness (QED) is 0.677. The van der Waals surface area contributed by atoms with Crippen LogP contribution in [0.1, 0.15) is 26.2 Å². The Hall–Kier alpha value is -2.05. The minimum Gasteiger partial charge on any atom is -0.484 e. The van der Waals surface area contributed by atoms with Crippen molar-refractivity contribution >= 4 is 23.4 Å². The van der Waals surface area contributed by atoms with Gasteiger partial charge in [-0.15, -0.1) is 0 Å². The topological polar surface area (TPSA) is 70.7 Å². The van der Waals surface area contributed by atoms with Crippen LogP contribution in [0, 0.1) is 5.92 Å². The molecular formula is C20H26ClN3O3. The van der Waals surface area contributed by atoms with Gasteiger partial charge in [-0.1, -0.05) is 11.6 Å². The Bertz CT molecular complexity index is 716. The summed E-state index contributed by atoms with van der Waals surface area (Å²) in [5, 5.41) is 6.39. The molecule has 2 amide bonds. The second-order valence-electron chi connectivity index (χ2n) is 7.35. The highest BCUT2D eigenvalue weighted by Gasteiger charge is 2.31. The Balaban J connectivity index is 1.33. The molecule has 0 heterocycles. The van der Waals surface area contributed by atoms with Crippen molar-refractivity contribution in [3.05, 3.63) is 41.1 Å². The largest absolute Gasteiger partial charge is 0.484 e. The molecule has 1 saturated carbocycles. The number of nitrogens with one attached hydrogen (secondary N) is 2. The maximum atomic E-state index is 12.1. The number of hydrogen-bond donors (Lipinski definition) is 2. The van der Waals surface area contributed by atoms with Gasteiger partial charge in [-0.05, 0) is 63.1 Å². The van der Waals surface area contributed by atoms with Gasteiger partial charge in [0, 0.05) is 23.2 Å². The van der Waals surface area contributed by atoms with Crippen LogP contribution in [-0.2, 0) is 9.59 Å². The van der Waals surface area contributed by atoms with Crippen LogP contribution in [0.2, 0.25) is 5.02 Å². The molecule has 1 aromatic rings. The summed E-state index contributed by atoms with van der Waals surface area (Å²) in [6.07, 6.45) is 5.02. The lowest BCUT2D eigenvalue weighted by Gasteiger charge is -2.29. The van der Waals surface area contributed by atoms with Crippen LogP contribution in [-0.4, -0.2) is 49.0 Å². The van der Waals surface area contributed by atoms with Gasteiger partial charge in [-0.2, -0.15) is 0 Å². The molecule has 2 atom stereocenters. The van der Waals surface area contributed by atoms with E-state index in [9.17, 15) is 9.59 Å². The maximum Gasteiger partial charge on any atom is 0.262 e. The van der Waals surface area contributed by atoms with Crippen molar-refractivity contribution < 1.29 is 14.3 Å². The summed E-state index contributed by atoms with van der Waals surface area (Å²) < 4.78 is 5.40. The molecule has 0 aromatic heterocycles. The molecule has 0 bridgehead atoms. The van der Waals surface area contributed by atoms with Gasteiger partial charge in [0.2, 0.25) is 5.91 Å². The third kappa shape index (κ3) is 5.97. The van der Waals surface area contributed by atoms with E-state index in [1.54, 1.807) is 24.3 Å². The molecule has 2 aliphatic rings. The lowest BCUT2D eigenvalue weighted by molar-refractivity contribution is -0.123. The molecule has 6 nitrogen and oxygen atoms in total. The standard InChI is InChI=1S/C20H26ClN3O3/c1-13(14-3-4-14)24(2)11-19(25)22-16-9-17(10-16)23-20(26)12-27-18-7-5-15(21)6-8-18/h5-9,13-14,16H,3-4,10-12H2,1-2H3,(H,22,25)(H,23,26)/t13-,16?/m1/s1. The molecular weight excluding hydrogens is 366 g/mol. The van der Waals surface area contributed by atoms with E-state index >= 15 is 0 Å². The van der Waals surface area contributed by atoms with Crippen molar-refractivity contribution in [3.63, 3.8) is 0 Å². The summed E-state index contributed by atoms with van der Waals surface area (Å²) in [7, 11) is 1.99. The number of likely N-dealkylation sites (N-methyl/N-ethyl adjacent to an activating group) is 1. The Morgan fingerprint density at radius 2 is 1.93 bits per heavy atom. The average molecular weight is 392 g/mol. The molecule has 2 aliphatic carbocycles. The van der Waals surface area contributed by atoms with Gasteiger partial charge in [-0.3, -0.25) is 14.5 Å². The van der Waals surface area contributed by atoms with Crippen LogP contribution >= 0.6 is 11.6 Å². The van der Waals surface area contributed by atoms with E-state index in [0.717, 1.165) is 11.6 Å². The smallest absolute Gasteiger partial charge is 0.262 e. The second-order valence-corrected chi connectivity index (χ2v) is 7.79. The summed E-state index contributed by atoms with van der Waals surface area (Å²) in [4.78, 5) is 26.1. The monoisotopic (exact) mass is 391 g/mol. The second kappa shape index (κ2) is 8.76. The summed E-state index contributed by atoms with van der Waals surface area (Å²) in [6, 6.07) is 7.27. The fourth-order valence-corrected chi connectivity index (χ4v) is 3.21. The zero-order valence-electron chi connectivity index (χ0n) is 15.7. The minimum absolute atomic E-state index is 0.0164. The molecule has 0 radical (unpaired) electrons. The van der Waals surface area contributed by atoms with Crippen molar-refractivity contribution in [1.29, 1.82) is 0 Å². The predicted octanol–water partition coefficient (Wildman–Crippen LogP) is 2.34. The number of benzene rings is 1. The van der Waals surface area contributed by atoms with Crippen LogP contribution in [0.5, 0.6) is 5.75 Å². The maximum absolute atomic E-state index is 12.1. The molecule has 3 rings (SSSR count). The number of rotatable bonds is 9. The lowest BCUT2D eigenvalue weighted by Crippen LogP contribution is -2.47. The van der Waals surface area contributed by atoms with Crippen LogP contribution in [0.15, 0.2) is 36.0 Å². The van der Waals surface area contributed by atoms with Crippen molar-refractivity contribution in [2.24, 2.45) is 5.92 Å². The van der Waals surface area contributed by atoms with E-state index in [-0.39, 0.29) is 24.5 Å². The first kappa shape index (κ1) is 19.7. The van der Waals surface area contributed by atoms with Crippen molar-refractivity contribution in [1.82, 2.24) is 15.5 Å². The van der Waals surface area contributed by atoms with Crippen LogP contribution < -0.4 is 15.4 Å². The highest BCUT2D eigenvalue weighted by atomic mass is 35.5. The molecule has 0 spiro atoms. The number of amides is 2. The molecule has 7 heteroatoms. The first-order valence-corrected chi connectivity index (χ1v) is 9.67. The SMILES string of the molecule is C[C@H](C1CC1)N(C)CC(=O)NC1C=C(NC(=O)COc2ccc(Cl)cc2)C1. The van der Waals surface area contributed by atoms with Gasteiger partial charge in [-0.25, -0.2) is 0 Å². The molecule has 1 fully saturated rings. The highest BCUT2D eigenvalue weighted by Crippen LogP contribution is 2.34. The molecule has 1 aromatic carbocycles. The van der Waals surface area contributed by atoms with Crippen molar-refractivity contribution in [2.45, 2.75) is 38.3 Å². The molecule has 2 N–H and O–H groups in total. The van der Waals surface area contributed by atoms with Gasteiger partial charge in [0.15, 0.2) is 6.61 Å². The zero-order valence-corrected chi connectivity index (χ0v) is 16.5. The van der Waals surface area contributed by atoms with Crippen molar-refractivity contribution in [2.75, 3.05) is 20.2 Å². The lowest BCUT2D eigenvalue weighted by atomic mass is 9.99. The van der Waals surface area contributed by atoms with E-state index in [4.69, 9.17) is 16.3 Å². The van der Waals surface area contributed by atoms with Gasteiger partial charge < -0.3 is 15.4 Å². The van der Waals surface area contributed by atoms with Crippen LogP contribution in [0.4, 0.5) is 0 Å². The third-order valence-corrected chi connectivity index (χ3v) is 5.32. The number of carbonyl (C=O) groups is 2. The van der Waals surface area contributed by atoms with Gasteiger partial charge >= 0.3 is 0 Å². The fraction of sp³-hybridized carbons (Fsp3) is 0.500. The summed E-state index contributed by atoms with van der Waals surface area (Å²) >= 11 is 5.80. The fourth-order valence-electron chi connectivity index (χ4n) is 3.09. The number of nitrogens with zero attached hydrogens (tertiary/aromatic N) is 1. The Morgan fingerprint density at radius 3 is 2.56 bits per heavy atom. The van der Waals surface area contributed by atoms with E-state index in [1.165, 1.54) is 12.8 Å². The first-order chi connectivity index (χ1) is 12.9. The highest BCUT2D eigenvalue weighted by molar-refractivity contribution is 6.30. The van der Waals surface area contributed by atoms with Gasteiger partial charge in [0.25, 0.3) is 5.91 Å². The van der Waals surface area contributed by atoms with Crippen molar-refractivity contribution in [3.8, 4) is 5.75 Å². The Kier molecular flexibility index (Phi) is 6.39. The number of halogens is 1. The van der Waals surface area contributed by atoms with E-state index in [0.29, 0.717) is 29.8 Å². The van der Waals surface area contributed by atoms with E-state index in [1.807, 2.05) is 13.1 Å². The van der Waals surface area contributed by atoms with Crippen LogP contribution in [0.25, 0.3) is 0 Å². The molecule has 0 saturated heterocycles.